The number of nitrogens with zero attached hydrogens (tertiary/aromatic N) is 3. The molecule has 7 heteroatoms. The Morgan fingerprint density at radius 2 is 2.05 bits per heavy atom. The molecule has 0 radical (unpaired) electrons. The van der Waals surface area contributed by atoms with E-state index in [1.807, 2.05) is 11.8 Å². The number of thioether (sulfide) groups is 1. The highest BCUT2D eigenvalue weighted by Crippen LogP contribution is 2.21. The van der Waals surface area contributed by atoms with Gasteiger partial charge in [-0.2, -0.15) is 26.7 Å². The fourth-order valence-electron chi connectivity index (χ4n) is 1.83. The molecule has 0 aromatic carbocycles. The van der Waals surface area contributed by atoms with Gasteiger partial charge in [-0.3, -0.25) is 0 Å². The lowest BCUT2D eigenvalue weighted by atomic mass is 10.3. The molecule has 1 aliphatic heterocycles. The fraction of sp³-hybridized carbons (Fsp3) is 0.769. The predicted octanol–water partition coefficient (Wildman–Crippen LogP) is 2.40. The largest absolute Gasteiger partial charge is 0.463 e. The Hall–Kier alpha value is -1.24. The Balaban J connectivity index is 2.06. The summed E-state index contributed by atoms with van der Waals surface area (Å²) < 4.78 is 5.53. The minimum atomic E-state index is 0.397. The first-order valence-corrected chi connectivity index (χ1v) is 8.44. The van der Waals surface area contributed by atoms with Gasteiger partial charge in [0.2, 0.25) is 11.9 Å². The number of hydrogen-bond acceptors (Lipinski definition) is 7. The summed E-state index contributed by atoms with van der Waals surface area (Å²) >= 11 is 1.96. The zero-order chi connectivity index (χ0) is 14.2. The molecular formula is C13H23N5OS. The molecule has 1 aromatic rings. The number of hydrogen-bond donors (Lipinski definition) is 2. The van der Waals surface area contributed by atoms with E-state index in [4.69, 9.17) is 4.74 Å². The smallest absolute Gasteiger partial charge is 0.323 e. The van der Waals surface area contributed by atoms with Gasteiger partial charge in [0.05, 0.1) is 6.61 Å². The van der Waals surface area contributed by atoms with Crippen LogP contribution in [0.2, 0.25) is 0 Å². The van der Waals surface area contributed by atoms with Crippen molar-refractivity contribution in [2.45, 2.75) is 39.2 Å². The van der Waals surface area contributed by atoms with Crippen molar-refractivity contribution in [2.24, 2.45) is 0 Å². The molecule has 6 nitrogen and oxygen atoms in total. The van der Waals surface area contributed by atoms with Crippen LogP contribution >= 0.6 is 11.8 Å². The standard InChI is InChI=1S/C13H23N5OS/c1-3-6-14-11-16-12(15-10-5-8-20-9-10)18-13(17-11)19-7-4-2/h10H,3-9H2,1-2H3,(H2,14,15,16,17,18). The lowest BCUT2D eigenvalue weighted by molar-refractivity contribution is 0.292. The molecule has 1 aromatic heterocycles. The minimum Gasteiger partial charge on any atom is -0.463 e. The second-order valence-corrected chi connectivity index (χ2v) is 5.90. The third-order valence-electron chi connectivity index (χ3n) is 2.85. The third-order valence-corrected chi connectivity index (χ3v) is 4.01. The van der Waals surface area contributed by atoms with Gasteiger partial charge in [-0.05, 0) is 25.0 Å². The maximum absolute atomic E-state index is 5.53. The molecule has 2 N–H and O–H groups in total. The summed E-state index contributed by atoms with van der Waals surface area (Å²) in [5.41, 5.74) is 0. The molecule has 1 aliphatic rings. The van der Waals surface area contributed by atoms with Crippen molar-refractivity contribution in [3.05, 3.63) is 0 Å². The molecule has 1 saturated heterocycles. The number of nitrogens with one attached hydrogen (secondary N) is 2. The highest BCUT2D eigenvalue weighted by Gasteiger charge is 2.17. The van der Waals surface area contributed by atoms with Crippen molar-refractivity contribution in [1.82, 2.24) is 15.0 Å². The Bertz CT molecular complexity index is 385. The molecule has 0 bridgehead atoms. The van der Waals surface area contributed by atoms with Crippen LogP contribution in [-0.4, -0.2) is 45.7 Å². The second-order valence-electron chi connectivity index (χ2n) is 4.75. The van der Waals surface area contributed by atoms with Crippen LogP contribution in [0, 0.1) is 0 Å². The van der Waals surface area contributed by atoms with E-state index in [0.29, 0.717) is 30.6 Å². The highest BCUT2D eigenvalue weighted by molar-refractivity contribution is 7.99. The number of aromatic nitrogens is 3. The number of ether oxygens (including phenoxy) is 1. The lowest BCUT2D eigenvalue weighted by Crippen LogP contribution is -2.21. The quantitative estimate of drug-likeness (QED) is 0.763. The van der Waals surface area contributed by atoms with Crippen LogP contribution in [0.25, 0.3) is 0 Å². The van der Waals surface area contributed by atoms with Crippen LogP contribution in [0.1, 0.15) is 33.1 Å². The number of anilines is 2. The molecule has 0 aliphatic carbocycles. The molecule has 1 unspecified atom stereocenters. The zero-order valence-corrected chi connectivity index (χ0v) is 13.0. The number of rotatable bonds is 8. The first-order valence-electron chi connectivity index (χ1n) is 7.28. The van der Waals surface area contributed by atoms with Crippen molar-refractivity contribution in [3.8, 4) is 6.01 Å². The summed E-state index contributed by atoms with van der Waals surface area (Å²) in [6.07, 6.45) is 3.11. The van der Waals surface area contributed by atoms with Crippen LogP contribution in [0.15, 0.2) is 0 Å². The fourth-order valence-corrected chi connectivity index (χ4v) is 2.98. The molecule has 2 heterocycles. The summed E-state index contributed by atoms with van der Waals surface area (Å²) in [5.74, 6) is 3.50. The van der Waals surface area contributed by atoms with E-state index >= 15 is 0 Å². The Morgan fingerprint density at radius 3 is 2.75 bits per heavy atom. The van der Waals surface area contributed by atoms with E-state index in [2.05, 4.69) is 39.4 Å². The topological polar surface area (TPSA) is 72.0 Å². The molecular weight excluding hydrogens is 274 g/mol. The Kier molecular flexibility index (Phi) is 6.17. The van der Waals surface area contributed by atoms with Crippen LogP contribution in [0.5, 0.6) is 6.01 Å². The van der Waals surface area contributed by atoms with Crippen molar-refractivity contribution in [1.29, 1.82) is 0 Å². The van der Waals surface area contributed by atoms with Crippen LogP contribution in [-0.2, 0) is 0 Å². The van der Waals surface area contributed by atoms with Crippen molar-refractivity contribution >= 4 is 23.7 Å². The Morgan fingerprint density at radius 1 is 1.20 bits per heavy atom. The maximum Gasteiger partial charge on any atom is 0.323 e. The molecule has 2 rings (SSSR count). The summed E-state index contributed by atoms with van der Waals surface area (Å²) in [5, 5.41) is 6.56. The van der Waals surface area contributed by atoms with Gasteiger partial charge in [-0.1, -0.05) is 13.8 Å². The molecule has 0 saturated carbocycles. The van der Waals surface area contributed by atoms with E-state index < -0.39 is 0 Å². The lowest BCUT2D eigenvalue weighted by Gasteiger charge is -2.13. The average Bonchev–Trinajstić information content (AvgIpc) is 2.95. The maximum atomic E-state index is 5.53. The summed E-state index contributed by atoms with van der Waals surface area (Å²) in [4.78, 5) is 13.0. The normalized spacial score (nSPS) is 18.0. The molecule has 0 spiro atoms. The van der Waals surface area contributed by atoms with E-state index in [9.17, 15) is 0 Å². The summed E-state index contributed by atoms with van der Waals surface area (Å²) in [7, 11) is 0. The van der Waals surface area contributed by atoms with Gasteiger partial charge < -0.3 is 15.4 Å². The van der Waals surface area contributed by atoms with Gasteiger partial charge in [-0.15, -0.1) is 0 Å². The van der Waals surface area contributed by atoms with Gasteiger partial charge in [0.25, 0.3) is 0 Å². The SMILES string of the molecule is CCCNc1nc(NC2CCSC2)nc(OCCC)n1. The molecule has 1 atom stereocenters. The molecule has 1 fully saturated rings. The molecule has 0 amide bonds. The van der Waals surface area contributed by atoms with Gasteiger partial charge in [0.1, 0.15) is 0 Å². The van der Waals surface area contributed by atoms with Crippen molar-refractivity contribution in [2.75, 3.05) is 35.3 Å². The minimum absolute atomic E-state index is 0.397. The van der Waals surface area contributed by atoms with E-state index in [1.165, 1.54) is 5.75 Å². The molecule has 112 valence electrons. The first-order chi connectivity index (χ1) is 9.81. The first kappa shape index (κ1) is 15.2. The second kappa shape index (κ2) is 8.14. The predicted molar refractivity (Wildman–Crippen MR) is 83.7 cm³/mol. The molecule has 20 heavy (non-hydrogen) atoms. The van der Waals surface area contributed by atoms with E-state index in [0.717, 1.165) is 31.6 Å². The zero-order valence-electron chi connectivity index (χ0n) is 12.2. The van der Waals surface area contributed by atoms with Crippen LogP contribution in [0.3, 0.4) is 0 Å². The van der Waals surface area contributed by atoms with Gasteiger partial charge >= 0.3 is 6.01 Å². The monoisotopic (exact) mass is 297 g/mol. The van der Waals surface area contributed by atoms with Crippen LogP contribution in [0.4, 0.5) is 11.9 Å². The van der Waals surface area contributed by atoms with Gasteiger partial charge in [0.15, 0.2) is 0 Å². The highest BCUT2D eigenvalue weighted by atomic mass is 32.2. The van der Waals surface area contributed by atoms with Crippen molar-refractivity contribution in [3.63, 3.8) is 0 Å². The third kappa shape index (κ3) is 4.70. The van der Waals surface area contributed by atoms with Gasteiger partial charge in [0, 0.05) is 18.3 Å². The van der Waals surface area contributed by atoms with E-state index in [-0.39, 0.29) is 0 Å². The Labute approximate surface area is 124 Å². The summed E-state index contributed by atoms with van der Waals surface area (Å²) in [6, 6.07) is 0.842. The summed E-state index contributed by atoms with van der Waals surface area (Å²) in [6.45, 7) is 5.63. The average molecular weight is 297 g/mol. The van der Waals surface area contributed by atoms with Crippen LogP contribution < -0.4 is 15.4 Å². The van der Waals surface area contributed by atoms with Crippen molar-refractivity contribution < 1.29 is 4.74 Å². The van der Waals surface area contributed by atoms with E-state index in [1.54, 1.807) is 0 Å². The van der Waals surface area contributed by atoms with Gasteiger partial charge in [-0.25, -0.2) is 0 Å².